The first-order valence-electron chi connectivity index (χ1n) is 3.09. The summed E-state index contributed by atoms with van der Waals surface area (Å²) in [5.74, 6) is 0. The molecule has 0 saturated carbocycles. The Labute approximate surface area is 52.6 Å². The summed E-state index contributed by atoms with van der Waals surface area (Å²) in [5, 5.41) is 0. The summed E-state index contributed by atoms with van der Waals surface area (Å²) < 4.78 is 0. The van der Waals surface area contributed by atoms with E-state index in [1.54, 1.807) is 0 Å². The van der Waals surface area contributed by atoms with E-state index in [0.29, 0.717) is 5.41 Å². The summed E-state index contributed by atoms with van der Waals surface area (Å²) in [6.45, 7) is 10.2. The Balaban J connectivity index is 3.71. The highest BCUT2D eigenvalue weighted by atomic mass is 14.1. The van der Waals surface area contributed by atoms with Crippen molar-refractivity contribution in [3.05, 3.63) is 19.1 Å². The molecule has 8 heavy (non-hydrogen) atoms. The molecule has 0 aliphatic carbocycles. The summed E-state index contributed by atoms with van der Waals surface area (Å²) in [6, 6.07) is 0. The van der Waals surface area contributed by atoms with Crippen LogP contribution in [0.2, 0.25) is 0 Å². The molecule has 0 fully saturated rings. The van der Waals surface area contributed by atoms with Crippen LogP contribution in [0.3, 0.4) is 0 Å². The fraction of sp³-hybridized carbons (Fsp3) is 0.625. The molecule has 0 rings (SSSR count). The van der Waals surface area contributed by atoms with Gasteiger partial charge in [0, 0.05) is 0 Å². The lowest BCUT2D eigenvalue weighted by Crippen LogP contribution is -2.03. The van der Waals surface area contributed by atoms with Gasteiger partial charge in [-0.15, -0.1) is 0 Å². The van der Waals surface area contributed by atoms with E-state index in [4.69, 9.17) is 0 Å². The lowest BCUT2D eigenvalue weighted by atomic mass is 9.90. The first-order chi connectivity index (χ1) is 3.62. The van der Waals surface area contributed by atoms with Crippen LogP contribution in [0.15, 0.2) is 12.2 Å². The van der Waals surface area contributed by atoms with Crippen LogP contribution in [0.25, 0.3) is 0 Å². The monoisotopic (exact) mass is 111 g/mol. The molecule has 0 N–H and O–H groups in total. The van der Waals surface area contributed by atoms with Gasteiger partial charge >= 0.3 is 0 Å². The van der Waals surface area contributed by atoms with E-state index in [2.05, 4.69) is 33.8 Å². The smallest absolute Gasteiger partial charge is 0.0177 e. The Morgan fingerprint density at radius 2 is 2.00 bits per heavy atom. The maximum Gasteiger partial charge on any atom is -0.0177 e. The number of allylic oxidation sites excluding steroid dienone is 2. The Morgan fingerprint density at radius 1 is 1.50 bits per heavy atom. The molecule has 0 bridgehead atoms. The van der Waals surface area contributed by atoms with Gasteiger partial charge in [0.05, 0.1) is 0 Å². The van der Waals surface area contributed by atoms with Crippen molar-refractivity contribution in [3.63, 3.8) is 0 Å². The van der Waals surface area contributed by atoms with Gasteiger partial charge in [-0.1, -0.05) is 32.9 Å². The molecular weight excluding hydrogens is 96.1 g/mol. The lowest BCUT2D eigenvalue weighted by Gasteiger charge is -2.15. The zero-order valence-electron chi connectivity index (χ0n) is 6.07. The second-order valence-corrected chi connectivity index (χ2v) is 2.74. The first-order valence-corrected chi connectivity index (χ1v) is 3.09. The highest BCUT2D eigenvalue weighted by Crippen LogP contribution is 2.20. The van der Waals surface area contributed by atoms with Crippen molar-refractivity contribution in [3.8, 4) is 0 Å². The minimum Gasteiger partial charge on any atom is -0.0877 e. The zero-order valence-corrected chi connectivity index (χ0v) is 6.07. The molecule has 0 saturated heterocycles. The van der Waals surface area contributed by atoms with Gasteiger partial charge in [-0.3, -0.25) is 0 Å². The third-order valence-electron chi connectivity index (χ3n) is 1.48. The van der Waals surface area contributed by atoms with Gasteiger partial charge in [0.25, 0.3) is 0 Å². The molecule has 0 aromatic carbocycles. The third kappa shape index (κ3) is 2.84. The van der Waals surface area contributed by atoms with Crippen molar-refractivity contribution < 1.29 is 0 Å². The molecule has 0 aromatic rings. The maximum atomic E-state index is 3.64. The Kier molecular flexibility index (Phi) is 2.81. The highest BCUT2D eigenvalue weighted by Gasteiger charge is 2.07. The minimum absolute atomic E-state index is 0.349. The molecule has 0 nitrogen and oxygen atoms in total. The second-order valence-electron chi connectivity index (χ2n) is 2.74. The van der Waals surface area contributed by atoms with Crippen molar-refractivity contribution in [2.75, 3.05) is 0 Å². The van der Waals surface area contributed by atoms with Gasteiger partial charge in [0.1, 0.15) is 0 Å². The number of rotatable bonds is 2. The summed E-state index contributed by atoms with van der Waals surface area (Å²) in [7, 11) is 0. The van der Waals surface area contributed by atoms with Gasteiger partial charge in [-0.25, -0.2) is 0 Å². The fourth-order valence-electron chi connectivity index (χ4n) is 0.437. The summed E-state index contributed by atoms with van der Waals surface area (Å²) >= 11 is 0. The molecule has 0 amide bonds. The average molecular weight is 111 g/mol. The maximum absolute atomic E-state index is 3.64. The van der Waals surface area contributed by atoms with Crippen LogP contribution in [0.4, 0.5) is 0 Å². The van der Waals surface area contributed by atoms with Crippen LogP contribution in [-0.4, -0.2) is 0 Å². The lowest BCUT2D eigenvalue weighted by molar-refractivity contribution is 0.462. The van der Waals surface area contributed by atoms with Gasteiger partial charge in [0.2, 0.25) is 0 Å². The van der Waals surface area contributed by atoms with Crippen molar-refractivity contribution >= 4 is 0 Å². The predicted octanol–water partition coefficient (Wildman–Crippen LogP) is 2.81. The van der Waals surface area contributed by atoms with Gasteiger partial charge in [-0.05, 0) is 18.8 Å². The minimum atomic E-state index is 0.349. The van der Waals surface area contributed by atoms with Crippen LogP contribution in [0.5, 0.6) is 0 Å². The quantitative estimate of drug-likeness (QED) is 0.514. The molecule has 0 heterocycles. The van der Waals surface area contributed by atoms with Gasteiger partial charge < -0.3 is 0 Å². The van der Waals surface area contributed by atoms with Crippen molar-refractivity contribution in [1.82, 2.24) is 0 Å². The molecule has 0 atom stereocenters. The van der Waals surface area contributed by atoms with Crippen LogP contribution in [0, 0.1) is 12.3 Å². The molecule has 0 heteroatoms. The number of hydrogen-bond acceptors (Lipinski definition) is 0. The molecular formula is C8H15. The first kappa shape index (κ1) is 7.74. The SMILES string of the molecule is [CH2]/C=C/C(C)(C)CC. The summed E-state index contributed by atoms with van der Waals surface area (Å²) in [6.07, 6.45) is 5.18. The predicted molar refractivity (Wildman–Crippen MR) is 38.6 cm³/mol. The van der Waals surface area contributed by atoms with Crippen molar-refractivity contribution in [2.24, 2.45) is 5.41 Å². The Bertz CT molecular complexity index is 78.0. The van der Waals surface area contributed by atoms with E-state index in [1.165, 1.54) is 6.42 Å². The van der Waals surface area contributed by atoms with Crippen molar-refractivity contribution in [2.45, 2.75) is 27.2 Å². The molecule has 1 radical (unpaired) electrons. The molecule has 47 valence electrons. The van der Waals surface area contributed by atoms with E-state index >= 15 is 0 Å². The van der Waals surface area contributed by atoms with Crippen molar-refractivity contribution in [1.29, 1.82) is 0 Å². The number of hydrogen-bond donors (Lipinski definition) is 0. The van der Waals surface area contributed by atoms with Crippen LogP contribution < -0.4 is 0 Å². The van der Waals surface area contributed by atoms with Crippen LogP contribution in [0.1, 0.15) is 27.2 Å². The standard InChI is InChI=1S/C8H15/c1-5-7-8(3,4)6-2/h5,7H,1,6H2,2-4H3/b7-5+. The van der Waals surface area contributed by atoms with Crippen LogP contribution in [-0.2, 0) is 0 Å². The van der Waals surface area contributed by atoms with Gasteiger partial charge in [-0.2, -0.15) is 0 Å². The normalized spacial score (nSPS) is 13.0. The van der Waals surface area contributed by atoms with E-state index < -0.39 is 0 Å². The molecule has 0 aliphatic rings. The molecule has 0 aliphatic heterocycles. The largest absolute Gasteiger partial charge is 0.0877 e. The molecule has 0 aromatic heterocycles. The Morgan fingerprint density at radius 3 is 2.12 bits per heavy atom. The third-order valence-corrected chi connectivity index (χ3v) is 1.48. The Hall–Kier alpha value is -0.260. The van der Waals surface area contributed by atoms with Gasteiger partial charge in [0.15, 0.2) is 0 Å². The van der Waals surface area contributed by atoms with E-state index in [0.717, 1.165) is 0 Å². The topological polar surface area (TPSA) is 0 Å². The van der Waals surface area contributed by atoms with E-state index in [9.17, 15) is 0 Å². The molecule has 0 spiro atoms. The highest BCUT2D eigenvalue weighted by molar-refractivity contribution is 4.95. The summed E-state index contributed by atoms with van der Waals surface area (Å²) in [4.78, 5) is 0. The average Bonchev–Trinajstić information content (AvgIpc) is 1.67. The van der Waals surface area contributed by atoms with E-state index in [1.807, 2.05) is 6.08 Å². The molecule has 0 unspecified atom stereocenters. The zero-order chi connectivity index (χ0) is 6.62. The summed E-state index contributed by atoms with van der Waals surface area (Å²) in [5.41, 5.74) is 0.349. The van der Waals surface area contributed by atoms with E-state index in [-0.39, 0.29) is 0 Å². The fourth-order valence-corrected chi connectivity index (χ4v) is 0.437. The second kappa shape index (κ2) is 2.91. The van der Waals surface area contributed by atoms with Crippen LogP contribution >= 0.6 is 0 Å².